The molecule has 0 amide bonds. The van der Waals surface area contributed by atoms with Crippen molar-refractivity contribution in [3.8, 4) is 34.7 Å². The van der Waals surface area contributed by atoms with Gasteiger partial charge in [-0.2, -0.15) is 5.26 Å². The van der Waals surface area contributed by atoms with Crippen molar-refractivity contribution in [1.29, 1.82) is 5.26 Å². The van der Waals surface area contributed by atoms with Crippen LogP contribution in [-0.4, -0.2) is 23.4 Å². The summed E-state index contributed by atoms with van der Waals surface area (Å²) < 4.78 is 30.5. The normalized spacial score (nSPS) is 15.1. The molecular weight excluding hydrogens is 399 g/mol. The van der Waals surface area contributed by atoms with Crippen molar-refractivity contribution >= 4 is 0 Å². The number of aromatic amines is 1. The summed E-state index contributed by atoms with van der Waals surface area (Å²) in [5, 5.41) is 17.0. The fraction of sp³-hybridized carbons (Fsp3) is 0.217. The molecule has 1 aromatic heterocycles. The molecular formula is C23H21FN4O3. The van der Waals surface area contributed by atoms with Gasteiger partial charge < -0.3 is 19.9 Å². The third-order valence-electron chi connectivity index (χ3n) is 4.97. The fourth-order valence-corrected chi connectivity index (χ4v) is 3.66. The highest BCUT2D eigenvalue weighted by Gasteiger charge is 2.36. The molecule has 1 aliphatic rings. The van der Waals surface area contributed by atoms with Crippen LogP contribution < -0.4 is 19.9 Å². The zero-order chi connectivity index (χ0) is 22.0. The maximum absolute atomic E-state index is 13.5. The number of rotatable bonds is 6. The minimum atomic E-state index is -0.553. The lowest BCUT2D eigenvalue weighted by Gasteiger charge is -2.25. The zero-order valence-corrected chi connectivity index (χ0v) is 17.1. The summed E-state index contributed by atoms with van der Waals surface area (Å²) in [6, 6.07) is 13.7. The van der Waals surface area contributed by atoms with E-state index in [1.165, 1.54) is 12.1 Å². The summed E-state index contributed by atoms with van der Waals surface area (Å²) in [6.07, 6.45) is 0. The van der Waals surface area contributed by atoms with Crippen LogP contribution in [0.25, 0.3) is 11.3 Å². The van der Waals surface area contributed by atoms with E-state index < -0.39 is 5.92 Å². The summed E-state index contributed by atoms with van der Waals surface area (Å²) in [5.74, 6) is 0.540. The highest BCUT2D eigenvalue weighted by atomic mass is 19.1. The van der Waals surface area contributed by atoms with Crippen molar-refractivity contribution in [3.63, 3.8) is 0 Å². The number of nitrogens with zero attached hydrogens (tertiary/aromatic N) is 2. The fourth-order valence-electron chi connectivity index (χ4n) is 3.66. The van der Waals surface area contributed by atoms with E-state index in [0.29, 0.717) is 41.5 Å². The topological polar surface area (TPSA) is 106 Å². The number of nitrogens with two attached hydrogens (primary N) is 1. The minimum Gasteiger partial charge on any atom is -0.490 e. The Hall–Kier alpha value is -3.99. The van der Waals surface area contributed by atoms with E-state index in [2.05, 4.69) is 16.3 Å². The Kier molecular flexibility index (Phi) is 5.50. The molecule has 1 aliphatic heterocycles. The second-order valence-corrected chi connectivity index (χ2v) is 6.82. The molecule has 0 unspecified atom stereocenters. The quantitative estimate of drug-likeness (QED) is 0.618. The number of ether oxygens (including phenoxy) is 3. The van der Waals surface area contributed by atoms with Crippen molar-refractivity contribution < 1.29 is 18.6 Å². The van der Waals surface area contributed by atoms with E-state index in [9.17, 15) is 9.65 Å². The first-order valence-electron chi connectivity index (χ1n) is 9.88. The summed E-state index contributed by atoms with van der Waals surface area (Å²) in [5.41, 5.74) is 9.03. The van der Waals surface area contributed by atoms with Crippen LogP contribution in [0.15, 0.2) is 53.9 Å². The molecule has 31 heavy (non-hydrogen) atoms. The monoisotopic (exact) mass is 420 g/mol. The van der Waals surface area contributed by atoms with Crippen LogP contribution in [0.2, 0.25) is 0 Å². The molecule has 3 aromatic rings. The van der Waals surface area contributed by atoms with Gasteiger partial charge in [0.05, 0.1) is 30.4 Å². The Labute approximate surface area is 178 Å². The first-order valence-corrected chi connectivity index (χ1v) is 9.88. The van der Waals surface area contributed by atoms with Gasteiger partial charge in [-0.15, -0.1) is 5.10 Å². The molecule has 0 spiro atoms. The number of hydrogen-bond donors (Lipinski definition) is 2. The summed E-state index contributed by atoms with van der Waals surface area (Å²) >= 11 is 0. The lowest BCUT2D eigenvalue weighted by Crippen LogP contribution is -2.21. The molecule has 8 heteroatoms. The van der Waals surface area contributed by atoms with Crippen molar-refractivity contribution in [3.05, 3.63) is 70.9 Å². The smallest absolute Gasteiger partial charge is 0.244 e. The Morgan fingerprint density at radius 1 is 1.13 bits per heavy atom. The van der Waals surface area contributed by atoms with E-state index in [0.717, 1.165) is 5.56 Å². The molecule has 0 saturated carbocycles. The van der Waals surface area contributed by atoms with Gasteiger partial charge in [-0.1, -0.05) is 6.07 Å². The average Bonchev–Trinajstić information content (AvgIpc) is 3.18. The number of allylic oxidation sites excluding steroid dienone is 1. The predicted molar refractivity (Wildman–Crippen MR) is 112 cm³/mol. The van der Waals surface area contributed by atoms with Crippen LogP contribution in [0.3, 0.4) is 0 Å². The van der Waals surface area contributed by atoms with Crippen LogP contribution in [0.5, 0.6) is 17.4 Å². The molecule has 158 valence electrons. The predicted octanol–water partition coefficient (Wildman–Crippen LogP) is 4.23. The highest BCUT2D eigenvalue weighted by Crippen LogP contribution is 2.47. The lowest BCUT2D eigenvalue weighted by molar-refractivity contribution is 0.287. The van der Waals surface area contributed by atoms with Gasteiger partial charge in [0.2, 0.25) is 11.8 Å². The highest BCUT2D eigenvalue weighted by molar-refractivity contribution is 5.71. The van der Waals surface area contributed by atoms with Crippen molar-refractivity contribution in [2.75, 3.05) is 13.2 Å². The number of H-pyrrole nitrogens is 1. The Bertz CT molecular complexity index is 1180. The summed E-state index contributed by atoms with van der Waals surface area (Å²) in [6.45, 7) is 4.73. The molecule has 0 bridgehead atoms. The molecule has 7 nitrogen and oxygen atoms in total. The van der Waals surface area contributed by atoms with Crippen molar-refractivity contribution in [2.45, 2.75) is 19.8 Å². The second-order valence-electron chi connectivity index (χ2n) is 6.82. The standard InChI is InChI=1S/C23H21FN4O3/c1-3-29-17-10-7-14(11-18(17)30-4-2)19-16(12-25)22(26)31-23-20(19)21(27-28-23)13-5-8-15(24)9-6-13/h5-11,19H,3-4,26H2,1-2H3,(H,27,28)/t19-/m1/s1. The Morgan fingerprint density at radius 3 is 2.52 bits per heavy atom. The molecule has 0 radical (unpaired) electrons. The zero-order valence-electron chi connectivity index (χ0n) is 17.1. The third kappa shape index (κ3) is 3.66. The van der Waals surface area contributed by atoms with Gasteiger partial charge >= 0.3 is 0 Å². The number of aromatic nitrogens is 2. The number of benzene rings is 2. The molecule has 2 heterocycles. The van der Waals surface area contributed by atoms with Gasteiger partial charge in [0.1, 0.15) is 17.5 Å². The second kappa shape index (κ2) is 8.40. The first-order chi connectivity index (χ1) is 15.1. The number of hydrogen-bond acceptors (Lipinski definition) is 6. The van der Waals surface area contributed by atoms with Crippen LogP contribution >= 0.6 is 0 Å². The van der Waals surface area contributed by atoms with Gasteiger partial charge in [0, 0.05) is 5.56 Å². The Morgan fingerprint density at radius 2 is 1.84 bits per heavy atom. The van der Waals surface area contributed by atoms with E-state index >= 15 is 0 Å². The van der Waals surface area contributed by atoms with Crippen molar-refractivity contribution in [2.24, 2.45) is 5.73 Å². The first kappa shape index (κ1) is 20.3. The third-order valence-corrected chi connectivity index (χ3v) is 4.97. The molecule has 3 N–H and O–H groups in total. The van der Waals surface area contributed by atoms with Gasteiger partial charge in [-0.3, -0.25) is 5.10 Å². The molecule has 1 atom stereocenters. The molecule has 0 saturated heterocycles. The van der Waals surface area contributed by atoms with Gasteiger partial charge in [-0.25, -0.2) is 4.39 Å². The molecule has 0 fully saturated rings. The van der Waals surface area contributed by atoms with E-state index in [-0.39, 0.29) is 23.2 Å². The van der Waals surface area contributed by atoms with Crippen molar-refractivity contribution in [1.82, 2.24) is 10.2 Å². The molecule has 0 aliphatic carbocycles. The number of nitriles is 1. The maximum Gasteiger partial charge on any atom is 0.244 e. The maximum atomic E-state index is 13.5. The number of fused-ring (bicyclic) bond motifs is 1. The molecule has 4 rings (SSSR count). The summed E-state index contributed by atoms with van der Waals surface area (Å²) in [7, 11) is 0. The van der Waals surface area contributed by atoms with Crippen LogP contribution in [0, 0.1) is 17.1 Å². The van der Waals surface area contributed by atoms with Crippen LogP contribution in [-0.2, 0) is 0 Å². The minimum absolute atomic E-state index is 0.0102. The SMILES string of the molecule is CCOc1ccc([C@@H]2C(C#N)=C(N)Oc3n[nH]c(-c4ccc(F)cc4)c32)cc1OCC. The van der Waals surface area contributed by atoms with Crippen LogP contribution in [0.4, 0.5) is 4.39 Å². The average molecular weight is 420 g/mol. The van der Waals surface area contributed by atoms with E-state index in [4.69, 9.17) is 19.9 Å². The van der Waals surface area contributed by atoms with E-state index in [1.807, 2.05) is 32.0 Å². The number of halogens is 1. The summed E-state index contributed by atoms with van der Waals surface area (Å²) in [4.78, 5) is 0. The van der Waals surface area contributed by atoms with Gasteiger partial charge in [0.15, 0.2) is 11.5 Å². The van der Waals surface area contributed by atoms with Gasteiger partial charge in [-0.05, 0) is 55.8 Å². The largest absolute Gasteiger partial charge is 0.490 e. The van der Waals surface area contributed by atoms with Crippen LogP contribution in [0.1, 0.15) is 30.9 Å². The number of nitrogens with one attached hydrogen (secondary N) is 1. The van der Waals surface area contributed by atoms with E-state index in [1.54, 1.807) is 12.1 Å². The molecule has 2 aromatic carbocycles. The Balaban J connectivity index is 1.90. The lowest BCUT2D eigenvalue weighted by atomic mass is 9.83. The van der Waals surface area contributed by atoms with Gasteiger partial charge in [0.25, 0.3) is 0 Å².